The predicted octanol–water partition coefficient (Wildman–Crippen LogP) is 4.31. The summed E-state index contributed by atoms with van der Waals surface area (Å²) in [5.74, 6) is 0.490. The molecule has 1 aromatic heterocycles. The summed E-state index contributed by atoms with van der Waals surface area (Å²) >= 11 is 0. The van der Waals surface area contributed by atoms with Crippen LogP contribution >= 0.6 is 0 Å². The molecule has 4 nitrogen and oxygen atoms in total. The van der Waals surface area contributed by atoms with E-state index in [2.05, 4.69) is 26.8 Å². The first-order chi connectivity index (χ1) is 11.0. The van der Waals surface area contributed by atoms with Crippen molar-refractivity contribution < 1.29 is 9.94 Å². The third-order valence-electron chi connectivity index (χ3n) is 3.62. The first-order valence-electron chi connectivity index (χ1n) is 7.75. The van der Waals surface area contributed by atoms with Gasteiger partial charge < -0.3 is 9.94 Å². The number of ether oxygens (including phenoxy) is 1. The molecule has 0 aliphatic heterocycles. The van der Waals surface area contributed by atoms with Gasteiger partial charge in [-0.25, -0.2) is 0 Å². The topological polar surface area (TPSA) is 51.5 Å². The van der Waals surface area contributed by atoms with E-state index in [-0.39, 0.29) is 0 Å². The van der Waals surface area contributed by atoms with Crippen molar-refractivity contribution in [2.45, 2.75) is 33.6 Å². The second kappa shape index (κ2) is 7.68. The molecule has 0 amide bonds. The van der Waals surface area contributed by atoms with Gasteiger partial charge in [-0.1, -0.05) is 29.4 Å². The van der Waals surface area contributed by atoms with E-state index >= 15 is 0 Å². The number of allylic oxidation sites excluding steroid dienone is 3. The van der Waals surface area contributed by atoms with E-state index in [0.717, 1.165) is 12.8 Å². The SMILES string of the molecule is CC(C)=CCC/C(C)=C/COc1cc(=O)n(O)c2ccccc12. The highest BCUT2D eigenvalue weighted by Crippen LogP contribution is 2.23. The zero-order valence-electron chi connectivity index (χ0n) is 13.9. The molecule has 0 saturated heterocycles. The molecule has 0 bridgehead atoms. The maximum Gasteiger partial charge on any atom is 0.287 e. The minimum atomic E-state index is -0.497. The number of hydrogen-bond donors (Lipinski definition) is 1. The molecule has 1 N–H and O–H groups in total. The number of nitrogens with zero attached hydrogens (tertiary/aromatic N) is 1. The summed E-state index contributed by atoms with van der Waals surface area (Å²) in [7, 11) is 0. The zero-order valence-corrected chi connectivity index (χ0v) is 13.9. The predicted molar refractivity (Wildman–Crippen MR) is 93.3 cm³/mol. The van der Waals surface area contributed by atoms with E-state index in [0.29, 0.717) is 28.0 Å². The van der Waals surface area contributed by atoms with Crippen LogP contribution in [0.4, 0.5) is 0 Å². The van der Waals surface area contributed by atoms with E-state index in [1.807, 2.05) is 18.2 Å². The Labute approximate surface area is 136 Å². The van der Waals surface area contributed by atoms with Crippen molar-refractivity contribution in [1.82, 2.24) is 4.73 Å². The second-order valence-corrected chi connectivity index (χ2v) is 5.86. The molecule has 0 saturated carbocycles. The molecule has 0 aliphatic rings. The van der Waals surface area contributed by atoms with Crippen LogP contribution in [0.5, 0.6) is 5.75 Å². The molecule has 2 aromatic rings. The normalized spacial score (nSPS) is 11.5. The fourth-order valence-corrected chi connectivity index (χ4v) is 2.32. The summed E-state index contributed by atoms with van der Waals surface area (Å²) in [5.41, 5.74) is 2.52. The van der Waals surface area contributed by atoms with Crippen LogP contribution < -0.4 is 10.3 Å². The van der Waals surface area contributed by atoms with Gasteiger partial charge in [-0.2, -0.15) is 0 Å². The maximum absolute atomic E-state index is 11.8. The highest BCUT2D eigenvalue weighted by molar-refractivity contribution is 5.85. The molecule has 0 unspecified atom stereocenters. The van der Waals surface area contributed by atoms with Crippen LogP contribution in [0.2, 0.25) is 0 Å². The quantitative estimate of drug-likeness (QED) is 0.638. The molecule has 0 radical (unpaired) electrons. The van der Waals surface area contributed by atoms with Gasteiger partial charge in [0.25, 0.3) is 5.56 Å². The molecule has 0 spiro atoms. The zero-order chi connectivity index (χ0) is 16.8. The third kappa shape index (κ3) is 4.49. The summed E-state index contributed by atoms with van der Waals surface area (Å²) in [6.45, 7) is 6.67. The Morgan fingerprint density at radius 1 is 1.22 bits per heavy atom. The van der Waals surface area contributed by atoms with Gasteiger partial charge in [0, 0.05) is 11.5 Å². The average Bonchev–Trinajstić information content (AvgIpc) is 2.52. The van der Waals surface area contributed by atoms with Crippen molar-refractivity contribution in [3.63, 3.8) is 0 Å². The van der Waals surface area contributed by atoms with Crippen LogP contribution in [0.15, 0.2) is 58.4 Å². The monoisotopic (exact) mass is 313 g/mol. The molecule has 122 valence electrons. The highest BCUT2D eigenvalue weighted by Gasteiger charge is 2.08. The Morgan fingerprint density at radius 2 is 1.96 bits per heavy atom. The maximum atomic E-state index is 11.8. The second-order valence-electron chi connectivity index (χ2n) is 5.86. The highest BCUT2D eigenvalue weighted by atomic mass is 16.5. The van der Waals surface area contributed by atoms with E-state index < -0.39 is 5.56 Å². The Kier molecular flexibility index (Phi) is 5.63. The number of aromatic nitrogens is 1. The molecule has 23 heavy (non-hydrogen) atoms. The fraction of sp³-hybridized carbons (Fsp3) is 0.316. The Balaban J connectivity index is 2.09. The molecule has 1 heterocycles. The van der Waals surface area contributed by atoms with E-state index in [4.69, 9.17) is 4.74 Å². The van der Waals surface area contributed by atoms with Crippen LogP contribution in [0, 0.1) is 0 Å². The minimum absolute atomic E-state index is 0.402. The summed E-state index contributed by atoms with van der Waals surface area (Å²) in [6, 6.07) is 8.44. The molecule has 0 atom stereocenters. The summed E-state index contributed by atoms with van der Waals surface area (Å²) in [5, 5.41) is 10.5. The first kappa shape index (κ1) is 16.9. The van der Waals surface area contributed by atoms with Gasteiger partial charge in [-0.3, -0.25) is 4.79 Å². The van der Waals surface area contributed by atoms with Crippen molar-refractivity contribution >= 4 is 10.9 Å². The summed E-state index contributed by atoms with van der Waals surface area (Å²) in [6.07, 6.45) is 6.26. The van der Waals surface area contributed by atoms with E-state index in [9.17, 15) is 10.0 Å². The molecular formula is C19H23NO3. The minimum Gasteiger partial charge on any atom is -0.489 e. The summed E-state index contributed by atoms with van der Waals surface area (Å²) in [4.78, 5) is 11.8. The fourth-order valence-electron chi connectivity index (χ4n) is 2.32. The van der Waals surface area contributed by atoms with Crippen molar-refractivity contribution in [3.05, 3.63) is 64.0 Å². The number of fused-ring (bicyclic) bond motifs is 1. The lowest BCUT2D eigenvalue weighted by molar-refractivity contribution is 0.187. The van der Waals surface area contributed by atoms with Crippen molar-refractivity contribution in [2.24, 2.45) is 0 Å². The van der Waals surface area contributed by atoms with Crippen LogP contribution in [0.25, 0.3) is 10.9 Å². The smallest absolute Gasteiger partial charge is 0.287 e. The van der Waals surface area contributed by atoms with Crippen LogP contribution in [-0.2, 0) is 0 Å². The molecule has 4 heteroatoms. The average molecular weight is 313 g/mol. The van der Waals surface area contributed by atoms with Gasteiger partial charge in [0.05, 0.1) is 5.52 Å². The van der Waals surface area contributed by atoms with Crippen LogP contribution in [0.1, 0.15) is 33.6 Å². The van der Waals surface area contributed by atoms with Gasteiger partial charge in [0.2, 0.25) is 0 Å². The lowest BCUT2D eigenvalue weighted by Gasteiger charge is -2.09. The van der Waals surface area contributed by atoms with Crippen molar-refractivity contribution in [2.75, 3.05) is 6.61 Å². The lowest BCUT2D eigenvalue weighted by atomic mass is 10.1. The molecule has 0 aliphatic carbocycles. The van der Waals surface area contributed by atoms with Gasteiger partial charge in [-0.05, 0) is 51.8 Å². The van der Waals surface area contributed by atoms with Gasteiger partial charge in [0.1, 0.15) is 12.4 Å². The Morgan fingerprint density at radius 3 is 2.70 bits per heavy atom. The number of para-hydroxylation sites is 1. The van der Waals surface area contributed by atoms with Gasteiger partial charge in [-0.15, -0.1) is 4.73 Å². The molecule has 0 fully saturated rings. The third-order valence-corrected chi connectivity index (χ3v) is 3.62. The van der Waals surface area contributed by atoms with Gasteiger partial charge >= 0.3 is 0 Å². The number of rotatable bonds is 6. The van der Waals surface area contributed by atoms with Crippen molar-refractivity contribution in [3.8, 4) is 5.75 Å². The Bertz CT molecular complexity index is 796. The summed E-state index contributed by atoms with van der Waals surface area (Å²) < 4.78 is 6.38. The van der Waals surface area contributed by atoms with Crippen LogP contribution in [-0.4, -0.2) is 16.5 Å². The molecule has 1 aromatic carbocycles. The van der Waals surface area contributed by atoms with Crippen LogP contribution in [0.3, 0.4) is 0 Å². The standard InChI is InChI=1S/C19H23NO3/c1-14(2)7-6-8-15(3)11-12-23-18-13-19(21)20(22)17-10-5-4-9-16(17)18/h4-5,7,9-11,13,22H,6,8,12H2,1-3H3/b15-11+. The molecule has 2 rings (SSSR count). The number of pyridine rings is 1. The number of hydrogen-bond acceptors (Lipinski definition) is 3. The Hall–Kier alpha value is -2.49. The largest absolute Gasteiger partial charge is 0.489 e. The van der Waals surface area contributed by atoms with Gasteiger partial charge in [0.15, 0.2) is 0 Å². The molecular weight excluding hydrogens is 290 g/mol. The first-order valence-corrected chi connectivity index (χ1v) is 7.75. The van der Waals surface area contributed by atoms with Crippen molar-refractivity contribution in [1.29, 1.82) is 0 Å². The lowest BCUT2D eigenvalue weighted by Crippen LogP contribution is -2.17. The van der Waals surface area contributed by atoms with E-state index in [1.165, 1.54) is 17.2 Å². The number of benzene rings is 1. The van der Waals surface area contributed by atoms with E-state index in [1.54, 1.807) is 12.1 Å².